The number of aromatic nitrogens is 1. The van der Waals surface area contributed by atoms with Gasteiger partial charge in [0.1, 0.15) is 11.3 Å². The van der Waals surface area contributed by atoms with Crippen molar-refractivity contribution in [2.24, 2.45) is 0 Å². The number of hydrogen-bond donors (Lipinski definition) is 4. The summed E-state index contributed by atoms with van der Waals surface area (Å²) in [5.41, 5.74) is -1.69. The van der Waals surface area contributed by atoms with E-state index in [0.717, 1.165) is 0 Å². The van der Waals surface area contributed by atoms with Crippen molar-refractivity contribution in [2.45, 2.75) is 45.0 Å². The van der Waals surface area contributed by atoms with Crippen LogP contribution in [0.2, 0.25) is 5.15 Å². The Balaban J connectivity index is 2.92. The van der Waals surface area contributed by atoms with Gasteiger partial charge in [-0.25, -0.2) is 9.37 Å². The molecule has 0 fully saturated rings. The van der Waals surface area contributed by atoms with Crippen molar-refractivity contribution in [3.8, 4) is 0 Å². The van der Waals surface area contributed by atoms with Crippen LogP contribution < -0.4 is 10.6 Å². The van der Waals surface area contributed by atoms with Crippen LogP contribution in [0.5, 0.6) is 0 Å². The molecule has 1 atom stereocenters. The molecule has 1 rings (SSSR count). The number of carbonyl (C=O) groups is 1. The van der Waals surface area contributed by atoms with Gasteiger partial charge in [0.05, 0.1) is 35.5 Å². The zero-order valence-corrected chi connectivity index (χ0v) is 14.4. The van der Waals surface area contributed by atoms with Crippen LogP contribution in [0.25, 0.3) is 0 Å². The van der Waals surface area contributed by atoms with Gasteiger partial charge in [-0.15, -0.1) is 0 Å². The minimum Gasteiger partial charge on any atom is -0.394 e. The van der Waals surface area contributed by atoms with Gasteiger partial charge < -0.3 is 20.8 Å². The summed E-state index contributed by atoms with van der Waals surface area (Å²) < 4.78 is 13.7. The third kappa shape index (κ3) is 5.93. The summed E-state index contributed by atoms with van der Waals surface area (Å²) >= 11 is 5.84. The van der Waals surface area contributed by atoms with E-state index in [-0.39, 0.29) is 23.9 Å². The van der Waals surface area contributed by atoms with Crippen LogP contribution in [0.3, 0.4) is 0 Å². The largest absolute Gasteiger partial charge is 0.394 e. The third-order valence-corrected chi connectivity index (χ3v) is 3.40. The van der Waals surface area contributed by atoms with Gasteiger partial charge in [-0.1, -0.05) is 11.6 Å². The Hall–Kier alpha value is -1.44. The van der Waals surface area contributed by atoms with Crippen molar-refractivity contribution in [2.75, 3.05) is 18.5 Å². The number of pyridine rings is 1. The molecule has 1 heterocycles. The molecule has 130 valence electrons. The van der Waals surface area contributed by atoms with E-state index in [1.54, 1.807) is 13.8 Å². The average molecular weight is 348 g/mol. The lowest BCUT2D eigenvalue weighted by Gasteiger charge is -2.26. The number of amides is 1. The summed E-state index contributed by atoms with van der Waals surface area (Å²) in [5, 5.41) is 24.5. The van der Waals surface area contributed by atoms with Crippen LogP contribution in [-0.2, 0) is 0 Å². The molecule has 0 aliphatic rings. The van der Waals surface area contributed by atoms with Crippen LogP contribution in [-0.4, -0.2) is 51.6 Å². The van der Waals surface area contributed by atoms with E-state index in [4.69, 9.17) is 11.6 Å². The number of rotatable bonds is 7. The Morgan fingerprint density at radius 1 is 1.43 bits per heavy atom. The first kappa shape index (κ1) is 19.6. The highest BCUT2D eigenvalue weighted by Crippen LogP contribution is 2.22. The molecule has 0 aliphatic heterocycles. The fourth-order valence-electron chi connectivity index (χ4n) is 1.65. The zero-order chi connectivity index (χ0) is 17.8. The SMILES string of the molecule is CC(C)(CO)Nc1cc(Cl)ncc1C(=O)NCC(F)C(C)(C)O. The molecule has 1 amide bonds. The van der Waals surface area contributed by atoms with Gasteiger partial charge in [0, 0.05) is 6.20 Å². The van der Waals surface area contributed by atoms with Gasteiger partial charge in [-0.05, 0) is 33.8 Å². The number of hydrogen-bond acceptors (Lipinski definition) is 5. The highest BCUT2D eigenvalue weighted by atomic mass is 35.5. The fraction of sp³-hybridized carbons (Fsp3) is 0.600. The average Bonchev–Trinajstić information content (AvgIpc) is 2.43. The molecule has 6 nitrogen and oxygen atoms in total. The van der Waals surface area contributed by atoms with E-state index in [2.05, 4.69) is 15.6 Å². The van der Waals surface area contributed by atoms with Crippen molar-refractivity contribution < 1.29 is 19.4 Å². The minimum atomic E-state index is -1.61. The molecular formula is C15H23ClFN3O3. The first-order valence-electron chi connectivity index (χ1n) is 7.15. The summed E-state index contributed by atoms with van der Waals surface area (Å²) in [5.74, 6) is -0.558. The molecule has 0 bridgehead atoms. The Morgan fingerprint density at radius 2 is 2.04 bits per heavy atom. The monoisotopic (exact) mass is 347 g/mol. The Bertz CT molecular complexity index is 561. The quantitative estimate of drug-likeness (QED) is 0.564. The van der Waals surface area contributed by atoms with Gasteiger partial charge in [-0.2, -0.15) is 0 Å². The second-order valence-corrected chi connectivity index (χ2v) is 6.94. The summed E-state index contributed by atoms with van der Waals surface area (Å²) in [6.45, 7) is 5.63. The second-order valence-electron chi connectivity index (χ2n) is 6.55. The number of carbonyl (C=O) groups excluding carboxylic acids is 1. The van der Waals surface area contributed by atoms with Gasteiger partial charge in [0.2, 0.25) is 0 Å². The molecule has 0 aliphatic carbocycles. The minimum absolute atomic E-state index is 0.166. The summed E-state index contributed by atoms with van der Waals surface area (Å²) in [7, 11) is 0. The third-order valence-electron chi connectivity index (χ3n) is 3.19. The molecule has 0 saturated carbocycles. The smallest absolute Gasteiger partial charge is 0.255 e. The lowest BCUT2D eigenvalue weighted by Crippen LogP contribution is -2.42. The molecule has 0 spiro atoms. The highest BCUT2D eigenvalue weighted by Gasteiger charge is 2.27. The number of aliphatic hydroxyl groups excluding tert-OH is 1. The van der Waals surface area contributed by atoms with E-state index < -0.39 is 23.2 Å². The molecule has 0 radical (unpaired) electrons. The lowest BCUT2D eigenvalue weighted by molar-refractivity contribution is -0.00177. The van der Waals surface area contributed by atoms with Crippen molar-refractivity contribution in [1.29, 1.82) is 0 Å². The van der Waals surface area contributed by atoms with Gasteiger partial charge in [-0.3, -0.25) is 4.79 Å². The van der Waals surface area contributed by atoms with Crippen LogP contribution >= 0.6 is 11.6 Å². The van der Waals surface area contributed by atoms with E-state index in [1.165, 1.54) is 26.1 Å². The van der Waals surface area contributed by atoms with Crippen LogP contribution in [0, 0.1) is 0 Å². The van der Waals surface area contributed by atoms with E-state index in [9.17, 15) is 19.4 Å². The number of nitrogens with zero attached hydrogens (tertiary/aromatic N) is 1. The first-order chi connectivity index (χ1) is 10.5. The first-order valence-corrected chi connectivity index (χ1v) is 7.53. The molecule has 1 aromatic heterocycles. The molecule has 1 aromatic rings. The number of alkyl halides is 1. The zero-order valence-electron chi connectivity index (χ0n) is 13.7. The van der Waals surface area contributed by atoms with E-state index in [1.807, 2.05) is 0 Å². The topological polar surface area (TPSA) is 94.5 Å². The molecule has 0 aromatic carbocycles. The number of halogens is 2. The summed E-state index contributed by atoms with van der Waals surface area (Å²) in [6, 6.07) is 1.46. The van der Waals surface area contributed by atoms with Crippen LogP contribution in [0.15, 0.2) is 12.3 Å². The van der Waals surface area contributed by atoms with Crippen LogP contribution in [0.4, 0.5) is 10.1 Å². The molecule has 4 N–H and O–H groups in total. The normalized spacial score (nSPS) is 13.6. The molecule has 23 heavy (non-hydrogen) atoms. The van der Waals surface area contributed by atoms with Crippen molar-refractivity contribution in [1.82, 2.24) is 10.3 Å². The predicted octanol–water partition coefficient (Wildman–Crippen LogP) is 1.76. The van der Waals surface area contributed by atoms with Crippen molar-refractivity contribution in [3.63, 3.8) is 0 Å². The molecule has 0 saturated heterocycles. The molecule has 1 unspecified atom stereocenters. The predicted molar refractivity (Wildman–Crippen MR) is 87.6 cm³/mol. The van der Waals surface area contributed by atoms with Crippen LogP contribution in [0.1, 0.15) is 38.1 Å². The van der Waals surface area contributed by atoms with E-state index >= 15 is 0 Å². The van der Waals surface area contributed by atoms with E-state index in [0.29, 0.717) is 5.69 Å². The Morgan fingerprint density at radius 3 is 2.57 bits per heavy atom. The maximum Gasteiger partial charge on any atom is 0.255 e. The van der Waals surface area contributed by atoms with Gasteiger partial charge in [0.25, 0.3) is 5.91 Å². The number of nitrogens with one attached hydrogen (secondary N) is 2. The van der Waals surface area contributed by atoms with Crippen molar-refractivity contribution in [3.05, 3.63) is 23.0 Å². The summed E-state index contributed by atoms with van der Waals surface area (Å²) in [6.07, 6.45) is -0.345. The second kappa shape index (κ2) is 7.42. The molecule has 8 heteroatoms. The lowest BCUT2D eigenvalue weighted by atomic mass is 10.0. The highest BCUT2D eigenvalue weighted by molar-refractivity contribution is 6.29. The number of anilines is 1. The fourth-order valence-corrected chi connectivity index (χ4v) is 1.80. The molecular weight excluding hydrogens is 325 g/mol. The van der Waals surface area contributed by atoms with Gasteiger partial charge in [0.15, 0.2) is 0 Å². The maximum atomic E-state index is 13.7. The van der Waals surface area contributed by atoms with Crippen molar-refractivity contribution >= 4 is 23.2 Å². The Labute approximate surface area is 140 Å². The number of aliphatic hydroxyl groups is 2. The van der Waals surface area contributed by atoms with Gasteiger partial charge >= 0.3 is 0 Å². The summed E-state index contributed by atoms with van der Waals surface area (Å²) in [4.78, 5) is 16.1. The maximum absolute atomic E-state index is 13.7. The Kier molecular flexibility index (Phi) is 6.33. The standard InChI is InChI=1S/C15H23ClFN3O3/c1-14(2,8-21)20-10-5-12(16)18-6-9(10)13(22)19-7-11(17)15(3,4)23/h5-6,11,21,23H,7-8H2,1-4H3,(H,18,20)(H,19,22).